The van der Waals surface area contributed by atoms with Gasteiger partial charge in [-0.3, -0.25) is 0 Å². The molecule has 2 aromatic rings. The highest BCUT2D eigenvalue weighted by atomic mass is 32.2. The number of rotatable bonds is 4. The van der Waals surface area contributed by atoms with Gasteiger partial charge in [0.25, 0.3) is 0 Å². The summed E-state index contributed by atoms with van der Waals surface area (Å²) in [5.74, 6) is -0.540. The maximum atomic E-state index is 13.6. The van der Waals surface area contributed by atoms with E-state index in [2.05, 4.69) is 0 Å². The average Bonchev–Trinajstić information content (AvgIpc) is 2.42. The summed E-state index contributed by atoms with van der Waals surface area (Å²) in [4.78, 5) is 0.142. The van der Waals surface area contributed by atoms with Crippen LogP contribution in [-0.2, 0) is 12.6 Å². The number of hydrogen-bond acceptors (Lipinski definition) is 2. The van der Waals surface area contributed by atoms with Crippen molar-refractivity contribution in [3.63, 3.8) is 0 Å². The smallest absolute Gasteiger partial charge is 0.330 e. The fourth-order valence-corrected chi connectivity index (χ4v) is 2.83. The summed E-state index contributed by atoms with van der Waals surface area (Å²) in [6.07, 6.45) is -4.12. The van der Waals surface area contributed by atoms with Gasteiger partial charge in [-0.15, -0.1) is 0 Å². The summed E-state index contributed by atoms with van der Waals surface area (Å²) in [6, 6.07) is 9.79. The van der Waals surface area contributed by atoms with Crippen LogP contribution >= 0.6 is 11.8 Å². The molecule has 0 atom stereocenters. The summed E-state index contributed by atoms with van der Waals surface area (Å²) in [7, 11) is 0. The first-order valence-electron chi connectivity index (χ1n) is 6.24. The molecule has 0 bridgehead atoms. The van der Waals surface area contributed by atoms with E-state index in [-0.39, 0.29) is 16.3 Å². The Bertz CT molecular complexity index is 625. The standard InChI is InChI=1S/C15H13F4NS/c16-12-3-1-2-4-14(12)21-13-6-5-10(7-8-20)9-11(13)15(17,18)19/h1-6,9H,7-8,20H2. The van der Waals surface area contributed by atoms with E-state index in [1.807, 2.05) is 0 Å². The van der Waals surface area contributed by atoms with Crippen molar-refractivity contribution in [2.75, 3.05) is 6.54 Å². The Morgan fingerprint density at radius 1 is 1.00 bits per heavy atom. The molecule has 0 amide bonds. The van der Waals surface area contributed by atoms with Crippen LogP contribution in [0.2, 0.25) is 0 Å². The number of alkyl halides is 3. The monoisotopic (exact) mass is 315 g/mol. The molecule has 0 aliphatic rings. The molecule has 0 radical (unpaired) electrons. The molecule has 1 nitrogen and oxygen atoms in total. The molecule has 21 heavy (non-hydrogen) atoms. The molecule has 2 aromatic carbocycles. The zero-order valence-corrected chi connectivity index (χ0v) is 11.8. The molecule has 0 aliphatic carbocycles. The summed E-state index contributed by atoms with van der Waals surface area (Å²) >= 11 is 0.768. The first kappa shape index (κ1) is 15.9. The molecule has 112 valence electrons. The minimum absolute atomic E-state index is 0.0200. The van der Waals surface area contributed by atoms with Gasteiger partial charge in [0, 0.05) is 9.79 Å². The average molecular weight is 315 g/mol. The van der Waals surface area contributed by atoms with Crippen molar-refractivity contribution in [3.8, 4) is 0 Å². The van der Waals surface area contributed by atoms with Crippen molar-refractivity contribution in [2.24, 2.45) is 5.73 Å². The van der Waals surface area contributed by atoms with Gasteiger partial charge in [0.2, 0.25) is 0 Å². The van der Waals surface area contributed by atoms with Crippen LogP contribution in [0.5, 0.6) is 0 Å². The van der Waals surface area contributed by atoms with Crippen LogP contribution in [0.25, 0.3) is 0 Å². The van der Waals surface area contributed by atoms with Gasteiger partial charge in [-0.05, 0) is 42.8 Å². The van der Waals surface area contributed by atoms with E-state index in [1.165, 1.54) is 24.3 Å². The maximum Gasteiger partial charge on any atom is 0.417 e. The molecule has 0 spiro atoms. The predicted molar refractivity (Wildman–Crippen MR) is 74.7 cm³/mol. The first-order valence-corrected chi connectivity index (χ1v) is 7.06. The van der Waals surface area contributed by atoms with Crippen LogP contribution in [0.15, 0.2) is 52.3 Å². The molecule has 6 heteroatoms. The van der Waals surface area contributed by atoms with Gasteiger partial charge in [-0.25, -0.2) is 4.39 Å². The number of hydrogen-bond donors (Lipinski definition) is 1. The highest BCUT2D eigenvalue weighted by Gasteiger charge is 2.34. The molecule has 0 unspecified atom stereocenters. The zero-order chi connectivity index (χ0) is 15.5. The molecule has 0 heterocycles. The lowest BCUT2D eigenvalue weighted by Crippen LogP contribution is -2.09. The van der Waals surface area contributed by atoms with Crippen LogP contribution in [0.1, 0.15) is 11.1 Å². The van der Waals surface area contributed by atoms with E-state index in [1.54, 1.807) is 12.1 Å². The summed E-state index contributed by atoms with van der Waals surface area (Å²) in [5, 5.41) is 0. The van der Waals surface area contributed by atoms with Crippen molar-refractivity contribution < 1.29 is 17.6 Å². The minimum Gasteiger partial charge on any atom is -0.330 e. The second-order valence-corrected chi connectivity index (χ2v) is 5.48. The van der Waals surface area contributed by atoms with Crippen LogP contribution in [0.3, 0.4) is 0 Å². The van der Waals surface area contributed by atoms with Crippen molar-refractivity contribution in [2.45, 2.75) is 22.4 Å². The van der Waals surface area contributed by atoms with E-state index in [0.29, 0.717) is 12.0 Å². The van der Waals surface area contributed by atoms with Crippen molar-refractivity contribution >= 4 is 11.8 Å². The Labute approximate surface area is 124 Å². The third-order valence-corrected chi connectivity index (χ3v) is 3.97. The summed E-state index contributed by atoms with van der Waals surface area (Å²) in [6.45, 7) is 0.275. The van der Waals surface area contributed by atoms with Crippen LogP contribution < -0.4 is 5.73 Å². The Morgan fingerprint density at radius 2 is 1.71 bits per heavy atom. The van der Waals surface area contributed by atoms with E-state index >= 15 is 0 Å². The summed E-state index contributed by atoms with van der Waals surface area (Å²) in [5.41, 5.74) is 5.12. The van der Waals surface area contributed by atoms with E-state index < -0.39 is 17.6 Å². The summed E-state index contributed by atoms with van der Waals surface area (Å²) < 4.78 is 53.0. The quantitative estimate of drug-likeness (QED) is 0.841. The molecule has 0 saturated carbocycles. The Morgan fingerprint density at radius 3 is 2.33 bits per heavy atom. The van der Waals surface area contributed by atoms with Crippen molar-refractivity contribution in [1.82, 2.24) is 0 Å². The Balaban J connectivity index is 2.41. The maximum absolute atomic E-state index is 13.6. The second-order valence-electron chi connectivity index (χ2n) is 4.40. The fraction of sp³-hybridized carbons (Fsp3) is 0.200. The van der Waals surface area contributed by atoms with Gasteiger partial charge in [0.05, 0.1) is 5.56 Å². The predicted octanol–water partition coefficient (Wildman–Crippen LogP) is 4.50. The lowest BCUT2D eigenvalue weighted by Gasteiger charge is -2.14. The lowest BCUT2D eigenvalue weighted by atomic mass is 10.1. The third kappa shape index (κ3) is 3.98. The molecule has 2 N–H and O–H groups in total. The Hall–Kier alpha value is -1.53. The molecule has 0 aromatic heterocycles. The topological polar surface area (TPSA) is 26.0 Å². The normalized spacial score (nSPS) is 11.7. The van der Waals surface area contributed by atoms with Crippen LogP contribution in [0.4, 0.5) is 17.6 Å². The largest absolute Gasteiger partial charge is 0.417 e. The number of nitrogens with two attached hydrogens (primary N) is 1. The van der Waals surface area contributed by atoms with E-state index in [9.17, 15) is 17.6 Å². The van der Waals surface area contributed by atoms with Gasteiger partial charge < -0.3 is 5.73 Å². The molecular formula is C15H13F4NS. The third-order valence-electron chi connectivity index (χ3n) is 2.84. The van der Waals surface area contributed by atoms with Gasteiger partial charge in [0.1, 0.15) is 5.82 Å². The van der Waals surface area contributed by atoms with E-state index in [0.717, 1.165) is 17.8 Å². The SMILES string of the molecule is NCCc1ccc(Sc2ccccc2F)c(C(F)(F)F)c1. The highest BCUT2D eigenvalue weighted by Crippen LogP contribution is 2.40. The van der Waals surface area contributed by atoms with Crippen LogP contribution in [-0.4, -0.2) is 6.54 Å². The molecular weight excluding hydrogens is 302 g/mol. The van der Waals surface area contributed by atoms with Gasteiger partial charge in [0.15, 0.2) is 0 Å². The second kappa shape index (κ2) is 6.49. The molecule has 0 fully saturated rings. The first-order chi connectivity index (χ1) is 9.91. The Kier molecular flexibility index (Phi) is 4.90. The van der Waals surface area contributed by atoms with E-state index in [4.69, 9.17) is 5.73 Å². The molecule has 2 rings (SSSR count). The fourth-order valence-electron chi connectivity index (χ4n) is 1.86. The van der Waals surface area contributed by atoms with Crippen LogP contribution in [0, 0.1) is 5.82 Å². The number of halogens is 4. The van der Waals surface area contributed by atoms with Crippen molar-refractivity contribution in [1.29, 1.82) is 0 Å². The number of benzene rings is 2. The zero-order valence-electron chi connectivity index (χ0n) is 11.0. The van der Waals surface area contributed by atoms with Gasteiger partial charge in [-0.2, -0.15) is 13.2 Å². The lowest BCUT2D eigenvalue weighted by molar-refractivity contribution is -0.139. The van der Waals surface area contributed by atoms with Gasteiger partial charge in [-0.1, -0.05) is 30.0 Å². The van der Waals surface area contributed by atoms with Gasteiger partial charge >= 0.3 is 6.18 Å². The van der Waals surface area contributed by atoms with Crippen molar-refractivity contribution in [3.05, 3.63) is 59.4 Å². The molecule has 0 aliphatic heterocycles. The minimum atomic E-state index is -4.49. The molecule has 0 saturated heterocycles. The highest BCUT2D eigenvalue weighted by molar-refractivity contribution is 7.99.